The number of allylic oxidation sites excluding steroid dienone is 4. The molecule has 148 valence electrons. The molecule has 0 aliphatic carbocycles. The van der Waals surface area contributed by atoms with E-state index in [-0.39, 0.29) is 95.5 Å². The van der Waals surface area contributed by atoms with Gasteiger partial charge < -0.3 is 21.7 Å². The van der Waals surface area contributed by atoms with Crippen molar-refractivity contribution in [1.82, 2.24) is 0 Å². The Balaban J connectivity index is -0.000000173. The summed E-state index contributed by atoms with van der Waals surface area (Å²) in [5.74, 6) is 0.134. The molecule has 0 aromatic carbocycles. The van der Waals surface area contributed by atoms with Crippen LogP contribution in [0.2, 0.25) is 0 Å². The van der Waals surface area contributed by atoms with Gasteiger partial charge in [0.15, 0.2) is 0 Å². The molecule has 0 bridgehead atoms. The Labute approximate surface area is 210 Å². The Morgan fingerprint density at radius 2 is 0.731 bits per heavy atom. The van der Waals surface area contributed by atoms with E-state index in [0.717, 1.165) is 0 Å². The molecule has 0 heterocycles. The van der Waals surface area contributed by atoms with Gasteiger partial charge in [-0.15, -0.1) is 0 Å². The Bertz CT molecular complexity index is 428. The summed E-state index contributed by atoms with van der Waals surface area (Å²) in [7, 11) is 0. The Morgan fingerprint density at radius 3 is 0.846 bits per heavy atom. The fourth-order valence-electron chi connectivity index (χ4n) is 0.997. The van der Waals surface area contributed by atoms with Gasteiger partial charge in [-0.05, 0) is 22.4 Å². The number of carbonyl (C=O) groups is 2. The Morgan fingerprint density at radius 1 is 0.538 bits per heavy atom. The molecule has 0 unspecified atom stereocenters. The van der Waals surface area contributed by atoms with E-state index >= 15 is 0 Å². The first-order chi connectivity index (χ1) is 10.3. The van der Waals surface area contributed by atoms with Gasteiger partial charge in [-0.2, -0.15) is 0 Å². The number of Topliss-reactive ketones (excluding diaryl/α,β-unsaturated/α-hetero) is 2. The van der Waals surface area contributed by atoms with Crippen molar-refractivity contribution in [1.29, 1.82) is 0 Å². The maximum Gasteiger partial charge on any atom is 0 e. The van der Waals surface area contributed by atoms with E-state index in [1.807, 2.05) is 53.7 Å². The summed E-state index contributed by atoms with van der Waals surface area (Å²) < 4.78 is 0. The molecule has 26 heavy (non-hydrogen) atoms. The van der Waals surface area contributed by atoms with Crippen LogP contribution < -0.4 is 0 Å². The normalized spacial score (nSPS) is 12.8. The molecule has 0 aliphatic heterocycles. The molecule has 0 aromatic heterocycles. The van der Waals surface area contributed by atoms with Crippen LogP contribution in [0.15, 0.2) is 12.2 Å². The van der Waals surface area contributed by atoms with Crippen molar-refractivity contribution >= 4 is 11.6 Å². The van der Waals surface area contributed by atoms with Gasteiger partial charge in [0.1, 0.15) is 0 Å². The molecular weight excluding hydrogens is 772 g/mol. The van der Waals surface area contributed by atoms with Crippen LogP contribution in [0.3, 0.4) is 0 Å². The van der Waals surface area contributed by atoms with Crippen LogP contribution in [0.5, 0.6) is 0 Å². The van der Waals surface area contributed by atoms with Gasteiger partial charge in [-0.25, -0.2) is 0 Å². The van der Waals surface area contributed by atoms with Crippen molar-refractivity contribution in [3.63, 3.8) is 0 Å². The number of hydrogen-bond donors (Lipinski definition) is 0. The Hall–Kier alpha value is 0.924. The van der Waals surface area contributed by atoms with Crippen molar-refractivity contribution in [3.05, 3.63) is 24.3 Å². The van der Waals surface area contributed by atoms with Crippen LogP contribution in [0.25, 0.3) is 0 Å². The van der Waals surface area contributed by atoms with Crippen molar-refractivity contribution in [2.45, 2.75) is 83.1 Å². The van der Waals surface area contributed by atoms with Crippen LogP contribution in [0.4, 0.5) is 0 Å². The summed E-state index contributed by atoms with van der Waals surface area (Å²) >= 11 is 0. The van der Waals surface area contributed by atoms with Crippen molar-refractivity contribution in [3.8, 4) is 0 Å². The van der Waals surface area contributed by atoms with E-state index in [0.29, 0.717) is 0 Å². The molecule has 0 spiro atoms. The number of rotatable bonds is 2. The van der Waals surface area contributed by atoms with Gasteiger partial charge in [0, 0.05) is 62.2 Å². The average Bonchev–Trinajstić information content (AvgIpc) is 2.29. The molecule has 0 radical (unpaired) electrons. The van der Waals surface area contributed by atoms with Crippen LogP contribution in [0.1, 0.15) is 83.1 Å². The largest absolute Gasteiger partial charge is 0.430 e. The minimum atomic E-state index is -0.304. The SMILES string of the molecule is CC(C)(C)C=[C-]C(=O)C(C)(C)C.CC(C)(C)C=[C-]C(=O)C(C)(C)C.[U].[U]. The second-order valence-corrected chi connectivity index (χ2v) is 10.5. The monoisotopic (exact) mass is 810 g/mol. The molecule has 0 rings (SSSR count). The molecule has 0 aliphatic rings. The predicted molar refractivity (Wildman–Crippen MR) is 103 cm³/mol. The zero-order valence-electron chi connectivity index (χ0n) is 19.0. The van der Waals surface area contributed by atoms with Crippen molar-refractivity contribution in [2.24, 2.45) is 21.7 Å². The van der Waals surface area contributed by atoms with E-state index in [1.54, 1.807) is 0 Å². The van der Waals surface area contributed by atoms with Gasteiger partial charge in [0.25, 0.3) is 0 Å². The molecule has 2 nitrogen and oxygen atoms in total. The topological polar surface area (TPSA) is 34.1 Å². The van der Waals surface area contributed by atoms with Crippen LogP contribution in [0, 0.1) is 96.0 Å². The number of carbonyl (C=O) groups excluding carboxylic acids is 2. The predicted octanol–water partition coefficient (Wildman–Crippen LogP) is 6.01. The van der Waals surface area contributed by atoms with Gasteiger partial charge in [-0.1, -0.05) is 93.9 Å². The second kappa shape index (κ2) is 13.2. The maximum absolute atomic E-state index is 11.4. The van der Waals surface area contributed by atoms with Crippen molar-refractivity contribution in [2.75, 3.05) is 0 Å². The first kappa shape index (κ1) is 34.4. The molecule has 0 saturated carbocycles. The molecule has 0 fully saturated rings. The summed E-state index contributed by atoms with van der Waals surface area (Å²) in [6, 6.07) is 0. The third kappa shape index (κ3) is 23.0. The summed E-state index contributed by atoms with van der Waals surface area (Å²) in [5.41, 5.74) is -0.522. The molecule has 0 amide bonds. The average molecular weight is 811 g/mol. The second-order valence-electron chi connectivity index (χ2n) is 10.5. The van der Waals surface area contributed by atoms with Crippen LogP contribution in [-0.4, -0.2) is 11.6 Å². The van der Waals surface area contributed by atoms with Crippen molar-refractivity contribution < 1.29 is 71.8 Å². The summed E-state index contributed by atoms with van der Waals surface area (Å²) in [4.78, 5) is 22.7. The van der Waals surface area contributed by atoms with E-state index in [9.17, 15) is 9.59 Å². The zero-order valence-corrected chi connectivity index (χ0v) is 27.3. The number of hydrogen-bond acceptors (Lipinski definition) is 2. The summed E-state index contributed by atoms with van der Waals surface area (Å²) in [6.07, 6.45) is 9.27. The summed E-state index contributed by atoms with van der Waals surface area (Å²) in [6.45, 7) is 23.7. The molecule has 4 heteroatoms. The fourth-order valence-corrected chi connectivity index (χ4v) is 0.997. The maximum atomic E-state index is 11.4. The fraction of sp³-hybridized carbons (Fsp3) is 0.727. The quantitative estimate of drug-likeness (QED) is 0.253. The third-order valence-corrected chi connectivity index (χ3v) is 2.63. The molecule has 0 saturated heterocycles. The first-order valence-electron chi connectivity index (χ1n) is 8.56. The van der Waals surface area contributed by atoms with Gasteiger partial charge in [0.2, 0.25) is 0 Å². The molecular formula is C22H38O2U2-2. The zero-order chi connectivity index (χ0) is 20.0. The minimum Gasteiger partial charge on any atom is -0.430 e. The van der Waals surface area contributed by atoms with E-state index < -0.39 is 0 Å². The van der Waals surface area contributed by atoms with Crippen LogP contribution in [-0.2, 0) is 9.59 Å². The van der Waals surface area contributed by atoms with E-state index in [4.69, 9.17) is 0 Å². The smallest absolute Gasteiger partial charge is 0 e. The van der Waals surface area contributed by atoms with Gasteiger partial charge in [-0.3, -0.25) is 12.2 Å². The van der Waals surface area contributed by atoms with Gasteiger partial charge in [0.05, 0.1) is 0 Å². The van der Waals surface area contributed by atoms with Crippen LogP contribution >= 0.6 is 0 Å². The van der Waals surface area contributed by atoms with Gasteiger partial charge >= 0.3 is 0 Å². The third-order valence-electron chi connectivity index (χ3n) is 2.63. The standard InChI is InChI=1S/2C11H19O.2U/c2*1-10(2,3)8-7-9(12)11(4,5)6;;/h2*8H,1-6H3;;/q2*-1;;. The van der Waals surface area contributed by atoms with E-state index in [1.165, 1.54) is 0 Å². The Kier molecular flexibility index (Phi) is 17.5. The molecule has 0 aromatic rings. The van der Waals surface area contributed by atoms with E-state index in [2.05, 4.69) is 53.7 Å². The number of ketones is 2. The molecule has 0 atom stereocenters. The summed E-state index contributed by atoms with van der Waals surface area (Å²) in [5, 5.41) is 0. The minimum absolute atomic E-state index is 0. The first-order valence-corrected chi connectivity index (χ1v) is 8.56. The molecule has 0 N–H and O–H groups in total.